The Labute approximate surface area is 136 Å². The van der Waals surface area contributed by atoms with E-state index in [1.54, 1.807) is 0 Å². The van der Waals surface area contributed by atoms with Gasteiger partial charge in [0, 0.05) is 6.54 Å². The summed E-state index contributed by atoms with van der Waals surface area (Å²) < 4.78 is 5.89. The van der Waals surface area contributed by atoms with Gasteiger partial charge in [0.1, 0.15) is 5.54 Å². The zero-order valence-electron chi connectivity index (χ0n) is 13.2. The lowest BCUT2D eigenvalue weighted by Crippen LogP contribution is -2.45. The van der Waals surface area contributed by atoms with Gasteiger partial charge in [0.2, 0.25) is 0 Å². The fourth-order valence-electron chi connectivity index (χ4n) is 4.11. The normalized spacial score (nSPS) is 27.2. The molecular formula is C20H21NO2. The van der Waals surface area contributed by atoms with Crippen molar-refractivity contribution in [3.8, 4) is 0 Å². The van der Waals surface area contributed by atoms with Gasteiger partial charge in [-0.1, -0.05) is 73.5 Å². The Bertz CT molecular complexity index is 685. The van der Waals surface area contributed by atoms with Crippen LogP contribution in [-0.4, -0.2) is 17.5 Å². The SMILES string of the molecule is O=C1OC(c2ccccc2)C2(c3ccccc3)CCCCCN12. The molecule has 0 N–H and O–H groups in total. The Morgan fingerprint density at radius 1 is 0.913 bits per heavy atom. The number of hydrogen-bond acceptors (Lipinski definition) is 2. The summed E-state index contributed by atoms with van der Waals surface area (Å²) in [6.07, 6.45) is 3.86. The highest BCUT2D eigenvalue weighted by atomic mass is 16.6. The molecule has 2 aliphatic rings. The molecule has 3 heteroatoms. The van der Waals surface area contributed by atoms with Crippen LogP contribution in [0.4, 0.5) is 4.79 Å². The van der Waals surface area contributed by atoms with Gasteiger partial charge in [-0.15, -0.1) is 0 Å². The van der Waals surface area contributed by atoms with Gasteiger partial charge in [-0.25, -0.2) is 4.79 Å². The summed E-state index contributed by atoms with van der Waals surface area (Å²) in [7, 11) is 0. The number of nitrogens with zero attached hydrogens (tertiary/aromatic N) is 1. The minimum absolute atomic E-state index is 0.176. The molecule has 0 radical (unpaired) electrons. The van der Waals surface area contributed by atoms with Gasteiger partial charge in [0.05, 0.1) is 0 Å². The lowest BCUT2D eigenvalue weighted by Gasteiger charge is -2.38. The van der Waals surface area contributed by atoms with E-state index < -0.39 is 0 Å². The first-order chi connectivity index (χ1) is 11.3. The van der Waals surface area contributed by atoms with Crippen molar-refractivity contribution in [2.45, 2.75) is 37.3 Å². The molecule has 0 aromatic heterocycles. The van der Waals surface area contributed by atoms with Crippen LogP contribution in [-0.2, 0) is 10.3 Å². The lowest BCUT2D eigenvalue weighted by atomic mass is 9.77. The molecule has 118 valence electrons. The average Bonchev–Trinajstić information content (AvgIpc) is 2.77. The fraction of sp³-hybridized carbons (Fsp3) is 0.350. The van der Waals surface area contributed by atoms with Gasteiger partial charge in [-0.3, -0.25) is 4.90 Å². The van der Waals surface area contributed by atoms with Crippen molar-refractivity contribution in [3.63, 3.8) is 0 Å². The second-order valence-electron chi connectivity index (χ2n) is 6.43. The monoisotopic (exact) mass is 307 g/mol. The first-order valence-corrected chi connectivity index (χ1v) is 8.41. The maximum absolute atomic E-state index is 12.6. The van der Waals surface area contributed by atoms with Crippen molar-refractivity contribution in [1.29, 1.82) is 0 Å². The molecule has 2 aromatic rings. The summed E-state index contributed by atoms with van der Waals surface area (Å²) in [4.78, 5) is 14.6. The van der Waals surface area contributed by atoms with E-state index in [-0.39, 0.29) is 17.7 Å². The van der Waals surface area contributed by atoms with Crippen LogP contribution in [0.25, 0.3) is 0 Å². The van der Waals surface area contributed by atoms with Crippen molar-refractivity contribution >= 4 is 6.09 Å². The molecule has 2 fully saturated rings. The van der Waals surface area contributed by atoms with Crippen LogP contribution in [0.15, 0.2) is 60.7 Å². The predicted molar refractivity (Wildman–Crippen MR) is 89.0 cm³/mol. The highest BCUT2D eigenvalue weighted by Crippen LogP contribution is 2.52. The van der Waals surface area contributed by atoms with Gasteiger partial charge in [0.15, 0.2) is 6.10 Å². The van der Waals surface area contributed by atoms with E-state index >= 15 is 0 Å². The van der Waals surface area contributed by atoms with Crippen LogP contribution >= 0.6 is 0 Å². The smallest absolute Gasteiger partial charge is 0.411 e. The molecule has 0 spiro atoms. The Kier molecular flexibility index (Phi) is 3.56. The van der Waals surface area contributed by atoms with Crippen LogP contribution in [0.3, 0.4) is 0 Å². The number of carbonyl (C=O) groups is 1. The Morgan fingerprint density at radius 2 is 1.61 bits per heavy atom. The first-order valence-electron chi connectivity index (χ1n) is 8.41. The van der Waals surface area contributed by atoms with Crippen LogP contribution < -0.4 is 0 Å². The van der Waals surface area contributed by atoms with E-state index in [4.69, 9.17) is 4.74 Å². The standard InChI is InChI=1S/C20H21NO2/c22-19-21-15-9-3-8-14-20(21,17-12-6-2-7-13-17)18(23-19)16-10-4-1-5-11-16/h1-2,4-7,10-13,18H,3,8-9,14-15H2. The van der Waals surface area contributed by atoms with Crippen LogP contribution in [0.2, 0.25) is 0 Å². The van der Waals surface area contributed by atoms with Crippen molar-refractivity contribution in [1.82, 2.24) is 4.90 Å². The Hall–Kier alpha value is -2.29. The molecule has 1 amide bonds. The number of carbonyl (C=O) groups excluding carboxylic acids is 1. The largest absolute Gasteiger partial charge is 0.438 e. The zero-order valence-corrected chi connectivity index (χ0v) is 13.2. The van der Waals surface area contributed by atoms with E-state index in [0.29, 0.717) is 0 Å². The molecule has 2 aromatic carbocycles. The third-order valence-corrected chi connectivity index (χ3v) is 5.17. The highest BCUT2D eigenvalue weighted by Gasteiger charge is 2.56. The quantitative estimate of drug-likeness (QED) is 0.808. The average molecular weight is 307 g/mol. The summed E-state index contributed by atoms with van der Waals surface area (Å²) in [6.45, 7) is 0.775. The third-order valence-electron chi connectivity index (χ3n) is 5.17. The maximum Gasteiger partial charge on any atom is 0.411 e. The fourth-order valence-corrected chi connectivity index (χ4v) is 4.11. The summed E-state index contributed by atoms with van der Waals surface area (Å²) in [5, 5.41) is 0. The molecule has 0 aliphatic carbocycles. The molecule has 0 saturated carbocycles. The molecule has 3 nitrogen and oxygen atoms in total. The summed E-state index contributed by atoms with van der Waals surface area (Å²) in [6, 6.07) is 20.6. The van der Waals surface area contributed by atoms with Crippen molar-refractivity contribution in [2.24, 2.45) is 0 Å². The molecule has 2 saturated heterocycles. The minimum atomic E-state index is -0.379. The Balaban J connectivity index is 1.89. The van der Waals surface area contributed by atoms with E-state index in [9.17, 15) is 4.79 Å². The molecule has 2 aliphatic heterocycles. The van der Waals surface area contributed by atoms with Crippen LogP contribution in [0, 0.1) is 0 Å². The van der Waals surface area contributed by atoms with E-state index in [0.717, 1.165) is 31.4 Å². The molecule has 4 rings (SSSR count). The summed E-state index contributed by atoms with van der Waals surface area (Å²) in [5.74, 6) is 0. The van der Waals surface area contributed by atoms with Gasteiger partial charge in [-0.2, -0.15) is 0 Å². The number of ether oxygens (including phenoxy) is 1. The number of fused-ring (bicyclic) bond motifs is 1. The first kappa shape index (κ1) is 14.3. The third kappa shape index (κ3) is 2.23. The number of rotatable bonds is 2. The number of hydrogen-bond donors (Lipinski definition) is 0. The van der Waals surface area contributed by atoms with Crippen LogP contribution in [0.1, 0.15) is 42.9 Å². The van der Waals surface area contributed by atoms with Crippen LogP contribution in [0.5, 0.6) is 0 Å². The predicted octanol–water partition coefficient (Wildman–Crippen LogP) is 4.65. The highest BCUT2D eigenvalue weighted by molar-refractivity contribution is 5.73. The van der Waals surface area contributed by atoms with Crippen molar-refractivity contribution < 1.29 is 9.53 Å². The second-order valence-corrected chi connectivity index (χ2v) is 6.43. The van der Waals surface area contributed by atoms with E-state index in [1.807, 2.05) is 29.2 Å². The molecule has 2 atom stereocenters. The van der Waals surface area contributed by atoms with E-state index in [1.165, 1.54) is 12.0 Å². The molecule has 2 unspecified atom stereocenters. The number of cyclic esters (lactones) is 1. The summed E-state index contributed by atoms with van der Waals surface area (Å²) in [5.41, 5.74) is 1.88. The molecule has 23 heavy (non-hydrogen) atoms. The molecular weight excluding hydrogens is 286 g/mol. The van der Waals surface area contributed by atoms with E-state index in [2.05, 4.69) is 36.4 Å². The van der Waals surface area contributed by atoms with Crippen molar-refractivity contribution in [2.75, 3.05) is 6.54 Å². The Morgan fingerprint density at radius 3 is 2.35 bits per heavy atom. The van der Waals surface area contributed by atoms with Crippen molar-refractivity contribution in [3.05, 3.63) is 71.8 Å². The topological polar surface area (TPSA) is 29.5 Å². The lowest BCUT2D eigenvalue weighted by molar-refractivity contribution is 0.0889. The molecule has 0 bridgehead atoms. The minimum Gasteiger partial charge on any atom is -0.438 e. The van der Waals surface area contributed by atoms with Gasteiger partial charge >= 0.3 is 6.09 Å². The number of benzene rings is 2. The number of amides is 1. The summed E-state index contributed by atoms with van der Waals surface area (Å²) >= 11 is 0. The maximum atomic E-state index is 12.6. The van der Waals surface area contributed by atoms with Gasteiger partial charge in [0.25, 0.3) is 0 Å². The second kappa shape index (κ2) is 5.73. The van der Waals surface area contributed by atoms with Gasteiger partial charge < -0.3 is 4.74 Å². The zero-order chi connectivity index (χ0) is 15.7. The molecule has 2 heterocycles. The van der Waals surface area contributed by atoms with Gasteiger partial charge in [-0.05, 0) is 24.0 Å².